The fraction of sp³-hybridized carbons (Fsp3) is 0.0500. The van der Waals surface area contributed by atoms with Crippen LogP contribution in [0.3, 0.4) is 0 Å². The minimum Gasteiger partial charge on any atom is -0.439 e. The lowest BCUT2D eigenvalue weighted by atomic mass is 10.2. The molecular weight excluding hydrogens is 419 g/mol. The average Bonchev–Trinajstić information content (AvgIpc) is 2.69. The van der Waals surface area contributed by atoms with Crippen LogP contribution in [-0.2, 0) is 0 Å². The third kappa shape index (κ3) is 5.74. The van der Waals surface area contributed by atoms with Crippen molar-refractivity contribution in [2.75, 3.05) is 5.32 Å². The minimum absolute atomic E-state index is 0.108. The Bertz CT molecular complexity index is 1070. The van der Waals surface area contributed by atoms with Crippen molar-refractivity contribution < 1.29 is 27.5 Å². The first-order chi connectivity index (χ1) is 14.2. The summed E-state index contributed by atoms with van der Waals surface area (Å²) in [4.78, 5) is 27.5. The maximum Gasteiger partial charge on any atom is 0.446 e. The summed E-state index contributed by atoms with van der Waals surface area (Å²) in [6.07, 6.45) is 1.30. The number of carbonyl (C=O) groups is 2. The number of thioether (sulfide) groups is 1. The van der Waals surface area contributed by atoms with E-state index in [0.717, 1.165) is 0 Å². The molecule has 3 aromatic rings. The molecule has 3 rings (SSSR count). The number of carbonyl (C=O) groups excluding carboxylic acids is 2. The van der Waals surface area contributed by atoms with Crippen molar-refractivity contribution in [3.8, 4) is 11.6 Å². The molecule has 2 amide bonds. The zero-order valence-corrected chi connectivity index (χ0v) is 16.0. The largest absolute Gasteiger partial charge is 0.446 e. The van der Waals surface area contributed by atoms with Crippen LogP contribution in [0, 0.1) is 0 Å². The molecule has 1 heterocycles. The Hall–Kier alpha value is -3.53. The first-order valence-corrected chi connectivity index (χ1v) is 9.23. The smallest absolute Gasteiger partial charge is 0.439 e. The topological polar surface area (TPSA) is 94.3 Å². The minimum atomic E-state index is -4.51. The fourth-order valence-electron chi connectivity index (χ4n) is 2.41. The molecule has 0 saturated heterocycles. The van der Waals surface area contributed by atoms with Crippen molar-refractivity contribution in [3.05, 3.63) is 78.0 Å². The third-order valence-electron chi connectivity index (χ3n) is 3.69. The summed E-state index contributed by atoms with van der Waals surface area (Å²) in [6, 6.07) is 14.6. The van der Waals surface area contributed by atoms with Gasteiger partial charge in [-0.05, 0) is 48.2 Å². The van der Waals surface area contributed by atoms with Gasteiger partial charge in [0, 0.05) is 16.5 Å². The van der Waals surface area contributed by atoms with Crippen molar-refractivity contribution >= 4 is 29.3 Å². The van der Waals surface area contributed by atoms with Gasteiger partial charge in [0.05, 0.1) is 17.4 Å². The van der Waals surface area contributed by atoms with Gasteiger partial charge in [-0.1, -0.05) is 18.2 Å². The molecule has 0 aliphatic heterocycles. The molecule has 0 fully saturated rings. The van der Waals surface area contributed by atoms with E-state index in [1.807, 2.05) is 0 Å². The molecule has 0 saturated carbocycles. The van der Waals surface area contributed by atoms with E-state index in [1.165, 1.54) is 54.7 Å². The third-order valence-corrected chi connectivity index (χ3v) is 4.50. The van der Waals surface area contributed by atoms with E-state index in [9.17, 15) is 22.8 Å². The highest BCUT2D eigenvalue weighted by atomic mass is 32.2. The maximum atomic E-state index is 12.7. The highest BCUT2D eigenvalue weighted by Crippen LogP contribution is 2.38. The molecule has 0 atom stereocenters. The highest BCUT2D eigenvalue weighted by Gasteiger charge is 2.31. The fourth-order valence-corrected chi connectivity index (χ4v) is 3.08. The molecule has 10 heteroatoms. The van der Waals surface area contributed by atoms with Gasteiger partial charge in [0.15, 0.2) is 0 Å². The summed E-state index contributed by atoms with van der Waals surface area (Å²) >= 11 is -0.356. The van der Waals surface area contributed by atoms with Gasteiger partial charge in [0.2, 0.25) is 11.8 Å². The number of hydrogen-bond acceptors (Lipinski definition) is 5. The number of pyridine rings is 1. The lowest BCUT2D eigenvalue weighted by Crippen LogP contribution is -2.14. The van der Waals surface area contributed by atoms with E-state index in [0.29, 0.717) is 5.75 Å². The zero-order chi connectivity index (χ0) is 21.7. The first-order valence-electron chi connectivity index (χ1n) is 8.41. The predicted molar refractivity (Wildman–Crippen MR) is 106 cm³/mol. The summed E-state index contributed by atoms with van der Waals surface area (Å²) in [5.41, 5.74) is 1.14. The lowest BCUT2D eigenvalue weighted by Gasteiger charge is -2.11. The van der Waals surface area contributed by atoms with Crippen molar-refractivity contribution in [1.82, 2.24) is 4.98 Å². The quantitative estimate of drug-likeness (QED) is 0.543. The van der Waals surface area contributed by atoms with Gasteiger partial charge in [0.25, 0.3) is 5.91 Å². The van der Waals surface area contributed by atoms with Crippen molar-refractivity contribution in [2.24, 2.45) is 5.73 Å². The zero-order valence-electron chi connectivity index (χ0n) is 15.1. The van der Waals surface area contributed by atoms with Gasteiger partial charge in [-0.2, -0.15) is 13.2 Å². The number of nitrogens with one attached hydrogen (secondary N) is 1. The number of nitrogens with two attached hydrogens (primary N) is 1. The number of hydrogen-bond donors (Lipinski definition) is 2. The molecule has 1 aromatic heterocycles. The number of amides is 2. The van der Waals surface area contributed by atoms with Crippen molar-refractivity contribution in [1.29, 1.82) is 0 Å². The van der Waals surface area contributed by atoms with Crippen molar-refractivity contribution in [3.63, 3.8) is 0 Å². The molecule has 0 aliphatic carbocycles. The second-order valence-corrected chi connectivity index (χ2v) is 6.98. The Morgan fingerprint density at radius 3 is 2.47 bits per heavy atom. The van der Waals surface area contributed by atoms with Gasteiger partial charge in [-0.25, -0.2) is 4.98 Å². The maximum absolute atomic E-state index is 12.7. The number of anilines is 1. The Labute approximate surface area is 173 Å². The molecule has 0 aliphatic rings. The molecular formula is C20H14F3N3O3S. The van der Waals surface area contributed by atoms with Crippen LogP contribution in [0.4, 0.5) is 18.9 Å². The summed E-state index contributed by atoms with van der Waals surface area (Å²) < 4.78 is 43.6. The van der Waals surface area contributed by atoms with Crippen LogP contribution >= 0.6 is 11.8 Å². The van der Waals surface area contributed by atoms with E-state index >= 15 is 0 Å². The van der Waals surface area contributed by atoms with Gasteiger partial charge in [-0.3, -0.25) is 9.59 Å². The van der Waals surface area contributed by atoms with Gasteiger partial charge >= 0.3 is 5.51 Å². The summed E-state index contributed by atoms with van der Waals surface area (Å²) in [7, 11) is 0. The molecule has 30 heavy (non-hydrogen) atoms. The molecule has 2 aromatic carbocycles. The molecule has 3 N–H and O–H groups in total. The summed E-state index contributed by atoms with van der Waals surface area (Å²) in [6.45, 7) is 0. The first kappa shape index (κ1) is 21.2. The van der Waals surface area contributed by atoms with Crippen LogP contribution in [0.5, 0.6) is 11.6 Å². The van der Waals surface area contributed by atoms with Crippen molar-refractivity contribution in [2.45, 2.75) is 10.4 Å². The van der Waals surface area contributed by atoms with E-state index in [4.69, 9.17) is 10.5 Å². The van der Waals surface area contributed by atoms with E-state index in [-0.39, 0.29) is 39.4 Å². The molecule has 0 radical (unpaired) electrons. The van der Waals surface area contributed by atoms with Gasteiger partial charge in [0.1, 0.15) is 5.75 Å². The number of nitrogens with zero attached hydrogens (tertiary/aromatic N) is 1. The Kier molecular flexibility index (Phi) is 6.26. The Morgan fingerprint density at radius 2 is 1.80 bits per heavy atom. The highest BCUT2D eigenvalue weighted by molar-refractivity contribution is 8.00. The predicted octanol–water partition coefficient (Wildman–Crippen LogP) is 4.84. The molecule has 0 unspecified atom stereocenters. The average molecular weight is 433 g/mol. The summed E-state index contributed by atoms with van der Waals surface area (Å²) in [5, 5.41) is 2.50. The molecule has 0 spiro atoms. The number of ether oxygens (including phenoxy) is 1. The second-order valence-electron chi connectivity index (χ2n) is 5.88. The Morgan fingerprint density at radius 1 is 1.03 bits per heavy atom. The summed E-state index contributed by atoms with van der Waals surface area (Å²) in [5.74, 6) is -0.779. The SMILES string of the molecule is NC(=O)c1cccc(Oc2ccc(NC(=O)c3ccccc3SC(F)(F)F)cn2)c1. The van der Waals surface area contributed by atoms with E-state index in [2.05, 4.69) is 10.3 Å². The van der Waals surface area contributed by atoms with E-state index in [1.54, 1.807) is 12.1 Å². The number of primary amides is 1. The lowest BCUT2D eigenvalue weighted by molar-refractivity contribution is -0.0328. The number of aromatic nitrogens is 1. The van der Waals surface area contributed by atoms with Crippen LogP contribution in [0.25, 0.3) is 0 Å². The molecule has 0 bridgehead atoms. The van der Waals surface area contributed by atoms with Crippen LogP contribution < -0.4 is 15.8 Å². The number of halogens is 3. The Balaban J connectivity index is 1.70. The molecule has 154 valence electrons. The molecule has 6 nitrogen and oxygen atoms in total. The number of benzene rings is 2. The number of rotatable bonds is 6. The normalized spacial score (nSPS) is 11.0. The second kappa shape index (κ2) is 8.87. The van der Waals surface area contributed by atoms with Crippen LogP contribution in [-0.4, -0.2) is 22.3 Å². The van der Waals surface area contributed by atoms with Gasteiger partial charge < -0.3 is 15.8 Å². The number of alkyl halides is 3. The van der Waals surface area contributed by atoms with E-state index < -0.39 is 17.3 Å². The standard InChI is InChI=1S/C20H14F3N3O3S/c21-20(22,23)30-16-7-2-1-6-15(16)19(28)26-13-8-9-17(25-11-13)29-14-5-3-4-12(10-14)18(24)27/h1-11H,(H2,24,27)(H,26,28). The van der Waals surface area contributed by atoms with Gasteiger partial charge in [-0.15, -0.1) is 0 Å². The van der Waals surface area contributed by atoms with Crippen LogP contribution in [0.2, 0.25) is 0 Å². The van der Waals surface area contributed by atoms with Crippen LogP contribution in [0.1, 0.15) is 20.7 Å². The van der Waals surface area contributed by atoms with Crippen LogP contribution in [0.15, 0.2) is 71.8 Å². The monoisotopic (exact) mass is 433 g/mol.